The topological polar surface area (TPSA) is 77.2 Å². The van der Waals surface area contributed by atoms with Crippen LogP contribution in [0.3, 0.4) is 0 Å². The van der Waals surface area contributed by atoms with Gasteiger partial charge in [0.15, 0.2) is 0 Å². The van der Waals surface area contributed by atoms with Gasteiger partial charge in [0.1, 0.15) is 11.4 Å². The number of benzene rings is 1. The molecule has 0 aliphatic rings. The van der Waals surface area contributed by atoms with Crippen LogP contribution in [0.2, 0.25) is 0 Å². The molecule has 3 aromatic rings. The van der Waals surface area contributed by atoms with Crippen LogP contribution in [-0.2, 0) is 6.54 Å². The molecular formula is C17H15N3O3. The Morgan fingerprint density at radius 2 is 2.17 bits per heavy atom. The second kappa shape index (κ2) is 6.74. The van der Waals surface area contributed by atoms with E-state index in [-0.39, 0.29) is 11.7 Å². The Balaban J connectivity index is 1.69. The van der Waals surface area contributed by atoms with Gasteiger partial charge >= 0.3 is 0 Å². The van der Waals surface area contributed by atoms with E-state index in [1.807, 2.05) is 36.4 Å². The molecule has 1 aromatic carbocycles. The Kier molecular flexibility index (Phi) is 4.33. The molecule has 6 heteroatoms. The minimum Gasteiger partial charge on any atom is -0.497 e. The summed E-state index contributed by atoms with van der Waals surface area (Å²) >= 11 is 0. The van der Waals surface area contributed by atoms with Crippen molar-refractivity contribution in [2.75, 3.05) is 7.11 Å². The van der Waals surface area contributed by atoms with E-state index in [1.54, 1.807) is 25.6 Å². The van der Waals surface area contributed by atoms with Gasteiger partial charge in [0.25, 0.3) is 5.91 Å². The molecule has 116 valence electrons. The first kappa shape index (κ1) is 14.8. The van der Waals surface area contributed by atoms with E-state index in [4.69, 9.17) is 9.26 Å². The molecule has 1 N–H and O–H groups in total. The third-order valence-electron chi connectivity index (χ3n) is 3.28. The maximum absolute atomic E-state index is 12.1. The van der Waals surface area contributed by atoms with Gasteiger partial charge in [-0.05, 0) is 23.8 Å². The van der Waals surface area contributed by atoms with E-state index in [2.05, 4.69) is 15.5 Å². The monoisotopic (exact) mass is 309 g/mol. The number of ether oxygens (including phenoxy) is 1. The van der Waals surface area contributed by atoms with Crippen molar-refractivity contribution >= 4 is 5.91 Å². The molecule has 0 fully saturated rings. The van der Waals surface area contributed by atoms with E-state index in [9.17, 15) is 4.79 Å². The van der Waals surface area contributed by atoms with Crippen molar-refractivity contribution in [2.45, 2.75) is 6.54 Å². The molecule has 3 rings (SSSR count). The number of aromatic nitrogens is 2. The number of hydrogen-bond donors (Lipinski definition) is 1. The first-order valence-corrected chi connectivity index (χ1v) is 7.04. The van der Waals surface area contributed by atoms with Gasteiger partial charge in [-0.1, -0.05) is 23.4 Å². The smallest absolute Gasteiger partial charge is 0.290 e. The van der Waals surface area contributed by atoms with Crippen LogP contribution in [-0.4, -0.2) is 23.2 Å². The number of pyridine rings is 1. The summed E-state index contributed by atoms with van der Waals surface area (Å²) in [6.45, 7) is 0.377. The van der Waals surface area contributed by atoms with Gasteiger partial charge in [-0.25, -0.2) is 0 Å². The lowest BCUT2D eigenvalue weighted by Gasteiger charge is -2.01. The Labute approximate surface area is 133 Å². The SMILES string of the molecule is COc1cccc(-c2cc(C(=O)NCc3cccnc3)on2)c1. The number of carbonyl (C=O) groups excluding carboxylic acids is 1. The minimum atomic E-state index is -0.324. The van der Waals surface area contributed by atoms with Crippen molar-refractivity contribution in [1.82, 2.24) is 15.5 Å². The van der Waals surface area contributed by atoms with Crippen molar-refractivity contribution in [2.24, 2.45) is 0 Å². The lowest BCUT2D eigenvalue weighted by atomic mass is 10.1. The lowest BCUT2D eigenvalue weighted by molar-refractivity contribution is 0.0914. The molecule has 6 nitrogen and oxygen atoms in total. The van der Waals surface area contributed by atoms with Gasteiger partial charge in [0.2, 0.25) is 5.76 Å². The number of rotatable bonds is 5. The molecule has 2 heterocycles. The molecule has 23 heavy (non-hydrogen) atoms. The van der Waals surface area contributed by atoms with Crippen molar-refractivity contribution in [1.29, 1.82) is 0 Å². The number of hydrogen-bond acceptors (Lipinski definition) is 5. The molecule has 0 saturated heterocycles. The fraction of sp³-hybridized carbons (Fsp3) is 0.118. The van der Waals surface area contributed by atoms with Crippen LogP contribution in [0.4, 0.5) is 0 Å². The van der Waals surface area contributed by atoms with Crippen LogP contribution in [0.15, 0.2) is 59.4 Å². The van der Waals surface area contributed by atoms with E-state index >= 15 is 0 Å². The normalized spacial score (nSPS) is 10.3. The lowest BCUT2D eigenvalue weighted by Crippen LogP contribution is -2.22. The fourth-order valence-corrected chi connectivity index (χ4v) is 2.07. The first-order chi connectivity index (χ1) is 11.3. The van der Waals surface area contributed by atoms with Crippen molar-refractivity contribution < 1.29 is 14.1 Å². The van der Waals surface area contributed by atoms with Gasteiger partial charge in [-0.15, -0.1) is 0 Å². The Bertz CT molecular complexity index is 800. The Morgan fingerprint density at radius 3 is 2.96 bits per heavy atom. The summed E-state index contributed by atoms with van der Waals surface area (Å²) in [4.78, 5) is 16.1. The maximum Gasteiger partial charge on any atom is 0.290 e. The van der Waals surface area contributed by atoms with E-state index in [0.29, 0.717) is 18.0 Å². The first-order valence-electron chi connectivity index (χ1n) is 7.04. The van der Waals surface area contributed by atoms with Gasteiger partial charge in [0, 0.05) is 30.6 Å². The quantitative estimate of drug-likeness (QED) is 0.784. The standard InChI is InChI=1S/C17H15N3O3/c1-22-14-6-2-5-13(8-14)15-9-16(23-20-15)17(21)19-11-12-4-3-7-18-10-12/h2-10H,11H2,1H3,(H,19,21). The predicted octanol–water partition coefficient (Wildman–Crippen LogP) is 2.68. The number of nitrogens with one attached hydrogen (secondary N) is 1. The molecule has 0 saturated carbocycles. The molecule has 0 aliphatic heterocycles. The summed E-state index contributed by atoms with van der Waals surface area (Å²) in [5.74, 6) is 0.551. The average Bonchev–Trinajstić information content (AvgIpc) is 3.11. The minimum absolute atomic E-state index is 0.159. The van der Waals surface area contributed by atoms with Crippen LogP contribution >= 0.6 is 0 Å². The van der Waals surface area contributed by atoms with Crippen molar-refractivity contribution in [3.05, 3.63) is 66.2 Å². The van der Waals surface area contributed by atoms with Gasteiger partial charge in [0.05, 0.1) is 7.11 Å². The number of methoxy groups -OCH3 is 1. The largest absolute Gasteiger partial charge is 0.497 e. The van der Waals surface area contributed by atoms with E-state index < -0.39 is 0 Å². The van der Waals surface area contributed by atoms with E-state index in [1.165, 1.54) is 0 Å². The summed E-state index contributed by atoms with van der Waals surface area (Å²) in [5.41, 5.74) is 2.31. The molecule has 0 atom stereocenters. The Hall–Kier alpha value is -3.15. The highest BCUT2D eigenvalue weighted by Gasteiger charge is 2.14. The zero-order valence-electron chi connectivity index (χ0n) is 12.5. The van der Waals surface area contributed by atoms with Gasteiger partial charge in [-0.3, -0.25) is 9.78 Å². The van der Waals surface area contributed by atoms with Crippen molar-refractivity contribution in [3.8, 4) is 17.0 Å². The van der Waals surface area contributed by atoms with Crippen LogP contribution in [0.1, 0.15) is 16.1 Å². The molecule has 0 radical (unpaired) electrons. The van der Waals surface area contributed by atoms with E-state index in [0.717, 1.165) is 11.1 Å². The molecule has 0 bridgehead atoms. The highest BCUT2D eigenvalue weighted by atomic mass is 16.5. The molecule has 0 unspecified atom stereocenters. The molecule has 0 spiro atoms. The van der Waals surface area contributed by atoms with Gasteiger partial charge in [-0.2, -0.15) is 0 Å². The highest BCUT2D eigenvalue weighted by molar-refractivity contribution is 5.92. The Morgan fingerprint density at radius 1 is 1.26 bits per heavy atom. The number of carbonyl (C=O) groups is 1. The summed E-state index contributed by atoms with van der Waals surface area (Å²) in [6.07, 6.45) is 3.38. The molecular weight excluding hydrogens is 294 g/mol. The average molecular weight is 309 g/mol. The van der Waals surface area contributed by atoms with Crippen LogP contribution in [0, 0.1) is 0 Å². The van der Waals surface area contributed by atoms with Crippen LogP contribution < -0.4 is 10.1 Å². The highest BCUT2D eigenvalue weighted by Crippen LogP contribution is 2.23. The predicted molar refractivity (Wildman–Crippen MR) is 83.9 cm³/mol. The third-order valence-corrected chi connectivity index (χ3v) is 3.28. The number of amides is 1. The van der Waals surface area contributed by atoms with Crippen LogP contribution in [0.25, 0.3) is 11.3 Å². The van der Waals surface area contributed by atoms with Gasteiger partial charge < -0.3 is 14.6 Å². The fourth-order valence-electron chi connectivity index (χ4n) is 2.07. The summed E-state index contributed by atoms with van der Waals surface area (Å²) < 4.78 is 10.3. The maximum atomic E-state index is 12.1. The summed E-state index contributed by atoms with van der Waals surface area (Å²) in [6, 6.07) is 12.7. The zero-order chi connectivity index (χ0) is 16.1. The van der Waals surface area contributed by atoms with Crippen LogP contribution in [0.5, 0.6) is 5.75 Å². The van der Waals surface area contributed by atoms with Crippen molar-refractivity contribution in [3.63, 3.8) is 0 Å². The molecule has 0 aliphatic carbocycles. The zero-order valence-corrected chi connectivity index (χ0v) is 12.5. The summed E-state index contributed by atoms with van der Waals surface area (Å²) in [7, 11) is 1.60. The second-order valence-corrected chi connectivity index (χ2v) is 4.85. The third kappa shape index (κ3) is 3.55. The molecule has 1 amide bonds. The number of nitrogens with zero attached hydrogens (tertiary/aromatic N) is 2. The molecule has 2 aromatic heterocycles. The second-order valence-electron chi connectivity index (χ2n) is 4.85. The summed E-state index contributed by atoms with van der Waals surface area (Å²) in [5, 5.41) is 6.70.